The largest absolute Gasteiger partial charge is 0.434 e. The van der Waals surface area contributed by atoms with Crippen LogP contribution in [0, 0.1) is 0 Å². The Kier molecular flexibility index (Phi) is 3.38. The molecule has 8 heteroatoms. The third kappa shape index (κ3) is 2.38. The van der Waals surface area contributed by atoms with Crippen molar-refractivity contribution in [3.8, 4) is 0 Å². The Labute approximate surface area is 122 Å². The van der Waals surface area contributed by atoms with Crippen LogP contribution < -0.4 is 0 Å². The normalized spacial score (nSPS) is 18.9. The maximum absolute atomic E-state index is 12.1. The van der Waals surface area contributed by atoms with Crippen LogP contribution in [0.4, 0.5) is 4.79 Å². The Morgan fingerprint density at radius 2 is 1.52 bits per heavy atom. The fourth-order valence-electron chi connectivity index (χ4n) is 2.29. The highest BCUT2D eigenvalue weighted by Gasteiger charge is 2.39. The predicted molar refractivity (Wildman–Crippen MR) is 72.3 cm³/mol. The van der Waals surface area contributed by atoms with Crippen molar-refractivity contribution in [1.29, 1.82) is 0 Å². The smallest absolute Gasteiger partial charge is 0.351 e. The van der Waals surface area contributed by atoms with Crippen molar-refractivity contribution in [2.75, 3.05) is 26.2 Å². The molecule has 3 rings (SSSR count). The summed E-state index contributed by atoms with van der Waals surface area (Å²) in [5, 5.41) is 0.516. The average Bonchev–Trinajstić information content (AvgIpc) is 2.73. The van der Waals surface area contributed by atoms with E-state index in [1.165, 1.54) is 17.0 Å². The van der Waals surface area contributed by atoms with E-state index in [4.69, 9.17) is 12.8 Å². The number of hydrogen-bond acceptors (Lipinski definition) is 5. The van der Waals surface area contributed by atoms with Crippen molar-refractivity contribution in [3.05, 3.63) is 35.4 Å². The molecule has 0 saturated carbocycles. The third-order valence-electron chi connectivity index (χ3n) is 3.50. The minimum Gasteiger partial charge on any atom is -0.351 e. The lowest BCUT2D eigenvalue weighted by Crippen LogP contribution is -2.49. The van der Waals surface area contributed by atoms with Gasteiger partial charge in [-0.15, -0.1) is 0 Å². The van der Waals surface area contributed by atoms with Crippen molar-refractivity contribution >= 4 is 25.9 Å². The molecular formula is C13H12BN3O4. The average molecular weight is 285 g/mol. The lowest BCUT2D eigenvalue weighted by molar-refractivity contribution is -0.0590. The molecule has 0 atom stereocenters. The third-order valence-corrected chi connectivity index (χ3v) is 3.50. The first-order chi connectivity index (χ1) is 10.1. The van der Waals surface area contributed by atoms with Gasteiger partial charge in [0.15, 0.2) is 7.98 Å². The van der Waals surface area contributed by atoms with E-state index in [0.29, 0.717) is 31.2 Å². The molecule has 1 aromatic rings. The van der Waals surface area contributed by atoms with Crippen molar-refractivity contribution in [3.63, 3.8) is 0 Å². The van der Waals surface area contributed by atoms with Gasteiger partial charge in [0.25, 0.3) is 11.8 Å². The summed E-state index contributed by atoms with van der Waals surface area (Å²) < 4.78 is 0. The number of nitrogens with zero attached hydrogens (tertiary/aromatic N) is 3. The van der Waals surface area contributed by atoms with Crippen molar-refractivity contribution in [2.24, 2.45) is 0 Å². The molecule has 0 aromatic heterocycles. The van der Waals surface area contributed by atoms with Gasteiger partial charge < -0.3 is 14.5 Å². The molecule has 0 aliphatic carbocycles. The number of benzene rings is 1. The van der Waals surface area contributed by atoms with Gasteiger partial charge in [0.05, 0.1) is 11.1 Å². The van der Waals surface area contributed by atoms with Crippen molar-refractivity contribution in [2.45, 2.75) is 0 Å². The maximum Gasteiger partial charge on any atom is 0.434 e. The number of fused-ring (bicyclic) bond motifs is 1. The molecule has 2 aliphatic heterocycles. The Bertz CT molecular complexity index is 578. The van der Waals surface area contributed by atoms with E-state index >= 15 is 0 Å². The fraction of sp³-hybridized carbons (Fsp3) is 0.308. The summed E-state index contributed by atoms with van der Waals surface area (Å²) in [4.78, 5) is 44.1. The Morgan fingerprint density at radius 1 is 1.00 bits per heavy atom. The zero-order valence-electron chi connectivity index (χ0n) is 11.2. The number of carbonyl (C=O) groups is 3. The van der Waals surface area contributed by atoms with Crippen LogP contribution >= 0.6 is 0 Å². The summed E-state index contributed by atoms with van der Waals surface area (Å²) >= 11 is 0. The lowest BCUT2D eigenvalue weighted by Gasteiger charge is -2.32. The van der Waals surface area contributed by atoms with E-state index < -0.39 is 17.9 Å². The van der Waals surface area contributed by atoms with Gasteiger partial charge in [-0.05, 0) is 12.1 Å². The molecule has 1 aromatic carbocycles. The molecule has 106 valence electrons. The molecule has 2 aliphatic rings. The van der Waals surface area contributed by atoms with E-state index in [9.17, 15) is 14.4 Å². The number of rotatable bonds is 1. The minimum absolute atomic E-state index is 0.238. The summed E-state index contributed by atoms with van der Waals surface area (Å²) in [6.07, 6.45) is -0.724. The van der Waals surface area contributed by atoms with Gasteiger partial charge in [-0.3, -0.25) is 9.59 Å². The highest BCUT2D eigenvalue weighted by atomic mass is 16.7. The second-order valence-electron chi connectivity index (χ2n) is 4.83. The second kappa shape index (κ2) is 5.21. The van der Waals surface area contributed by atoms with Crippen LogP contribution in [0.5, 0.6) is 0 Å². The maximum atomic E-state index is 12.1. The Morgan fingerprint density at radius 3 is 2.05 bits per heavy atom. The molecule has 1 fully saturated rings. The van der Waals surface area contributed by atoms with Crippen LogP contribution in [-0.2, 0) is 4.84 Å². The second-order valence-corrected chi connectivity index (χ2v) is 4.83. The summed E-state index contributed by atoms with van der Waals surface area (Å²) in [5.41, 5.74) is 0.476. The number of carbonyl (C=O) groups excluding carboxylic acids is 3. The number of imide groups is 1. The summed E-state index contributed by atoms with van der Waals surface area (Å²) in [6, 6.07) is 6.35. The SMILES string of the molecule is [B]N1CCN(C(=O)ON2C(=O)c3ccccc3C2=O)CC1. The highest BCUT2D eigenvalue weighted by molar-refractivity contribution is 6.20. The minimum atomic E-state index is -0.724. The molecule has 21 heavy (non-hydrogen) atoms. The fourth-order valence-corrected chi connectivity index (χ4v) is 2.29. The quantitative estimate of drug-likeness (QED) is 0.538. The van der Waals surface area contributed by atoms with Crippen LogP contribution in [0.3, 0.4) is 0 Å². The molecular weight excluding hydrogens is 273 g/mol. The van der Waals surface area contributed by atoms with Gasteiger partial charge in [0.1, 0.15) is 0 Å². The van der Waals surface area contributed by atoms with Gasteiger partial charge in [-0.1, -0.05) is 17.2 Å². The van der Waals surface area contributed by atoms with Crippen LogP contribution in [0.1, 0.15) is 20.7 Å². The molecule has 2 heterocycles. The van der Waals surface area contributed by atoms with Crippen LogP contribution in [0.2, 0.25) is 0 Å². The van der Waals surface area contributed by atoms with Gasteiger partial charge in [0.2, 0.25) is 0 Å². The van der Waals surface area contributed by atoms with Crippen molar-refractivity contribution in [1.82, 2.24) is 14.8 Å². The summed E-state index contributed by atoms with van der Waals surface area (Å²) in [5.74, 6) is -1.25. The number of hydrogen-bond donors (Lipinski definition) is 0. The van der Waals surface area contributed by atoms with Crippen LogP contribution in [0.25, 0.3) is 0 Å². The van der Waals surface area contributed by atoms with E-state index in [1.54, 1.807) is 16.9 Å². The number of piperazine rings is 1. The molecule has 2 radical (unpaired) electrons. The summed E-state index contributed by atoms with van der Waals surface area (Å²) in [6.45, 7) is 1.80. The predicted octanol–water partition coefficient (Wildman–Crippen LogP) is 0.0353. The Hall–Kier alpha value is -2.35. The zero-order chi connectivity index (χ0) is 15.0. The molecule has 0 spiro atoms. The van der Waals surface area contributed by atoms with Gasteiger partial charge in [0, 0.05) is 26.2 Å². The first kappa shape index (κ1) is 13.6. The highest BCUT2D eigenvalue weighted by Crippen LogP contribution is 2.23. The van der Waals surface area contributed by atoms with E-state index in [1.807, 2.05) is 0 Å². The number of hydroxylamine groups is 2. The Balaban J connectivity index is 1.70. The van der Waals surface area contributed by atoms with E-state index in [0.717, 1.165) is 0 Å². The number of amides is 3. The lowest BCUT2D eigenvalue weighted by atomic mass is 10.1. The van der Waals surface area contributed by atoms with Gasteiger partial charge in [-0.2, -0.15) is 0 Å². The first-order valence-electron chi connectivity index (χ1n) is 6.52. The van der Waals surface area contributed by atoms with Crippen molar-refractivity contribution < 1.29 is 19.2 Å². The van der Waals surface area contributed by atoms with Gasteiger partial charge in [-0.25, -0.2) is 4.79 Å². The summed E-state index contributed by atoms with van der Waals surface area (Å²) in [7, 11) is 5.60. The topological polar surface area (TPSA) is 70.2 Å². The molecule has 0 N–H and O–H groups in total. The van der Waals surface area contributed by atoms with E-state index in [-0.39, 0.29) is 11.1 Å². The molecule has 0 bridgehead atoms. The van der Waals surface area contributed by atoms with Crippen LogP contribution in [0.15, 0.2) is 24.3 Å². The first-order valence-corrected chi connectivity index (χ1v) is 6.52. The molecule has 7 nitrogen and oxygen atoms in total. The molecule has 1 saturated heterocycles. The zero-order valence-corrected chi connectivity index (χ0v) is 11.2. The standard InChI is InChI=1S/C13H12BN3O4/c14-16-7-5-15(6-8-16)13(20)21-17-11(18)9-3-1-2-4-10(9)12(17)19/h1-4H,5-8H2. The monoisotopic (exact) mass is 285 g/mol. The van der Waals surface area contributed by atoms with Gasteiger partial charge >= 0.3 is 6.09 Å². The van der Waals surface area contributed by atoms with E-state index in [2.05, 4.69) is 0 Å². The molecule has 3 amide bonds. The van der Waals surface area contributed by atoms with Crippen LogP contribution in [-0.4, -0.2) is 66.8 Å². The molecule has 0 unspecified atom stereocenters.